The summed E-state index contributed by atoms with van der Waals surface area (Å²) in [6.07, 6.45) is 0.671. The SMILES string of the molecule is CCc1cc(O)c(F)cc1-c1ccc2c(-c3nc4c([nH]3)CN(CC(=O)N(C)C)C4)n[nH]c2c1. The highest BCUT2D eigenvalue weighted by atomic mass is 19.1. The van der Waals surface area contributed by atoms with E-state index in [1.165, 1.54) is 12.1 Å². The lowest BCUT2D eigenvalue weighted by Crippen LogP contribution is -2.33. The largest absolute Gasteiger partial charge is 0.505 e. The highest BCUT2D eigenvalue weighted by Crippen LogP contribution is 2.34. The number of hydrogen-bond donors (Lipinski definition) is 3. The number of nitrogens with zero attached hydrogens (tertiary/aromatic N) is 4. The molecule has 2 aromatic heterocycles. The molecule has 1 aliphatic heterocycles. The number of aryl methyl sites for hydroxylation is 1. The van der Waals surface area contributed by atoms with E-state index in [1.807, 2.05) is 25.1 Å². The summed E-state index contributed by atoms with van der Waals surface area (Å²) < 4.78 is 14.0. The Labute approximate surface area is 190 Å². The Morgan fingerprint density at radius 2 is 2.06 bits per heavy atom. The predicted molar refractivity (Wildman–Crippen MR) is 123 cm³/mol. The first-order chi connectivity index (χ1) is 15.8. The first kappa shape index (κ1) is 21.1. The Morgan fingerprint density at radius 1 is 1.24 bits per heavy atom. The molecule has 0 unspecified atom stereocenters. The summed E-state index contributed by atoms with van der Waals surface area (Å²) in [7, 11) is 3.51. The van der Waals surface area contributed by atoms with Crippen LogP contribution in [0, 0.1) is 5.82 Å². The molecule has 2 aromatic carbocycles. The second kappa shape index (κ2) is 8.00. The van der Waals surface area contributed by atoms with Gasteiger partial charge in [0.1, 0.15) is 5.69 Å². The lowest BCUT2D eigenvalue weighted by atomic mass is 9.96. The number of carbonyl (C=O) groups excluding carboxylic acids is 1. The number of carbonyl (C=O) groups is 1. The van der Waals surface area contributed by atoms with Gasteiger partial charge in [-0.15, -0.1) is 0 Å². The van der Waals surface area contributed by atoms with Crippen molar-refractivity contribution >= 4 is 16.8 Å². The van der Waals surface area contributed by atoms with E-state index in [9.17, 15) is 14.3 Å². The third-order valence-electron chi connectivity index (χ3n) is 6.13. The molecule has 4 aromatic rings. The zero-order valence-electron chi connectivity index (χ0n) is 18.7. The van der Waals surface area contributed by atoms with Gasteiger partial charge in [0, 0.05) is 32.6 Å². The zero-order valence-corrected chi connectivity index (χ0v) is 18.7. The van der Waals surface area contributed by atoms with Crippen LogP contribution < -0.4 is 0 Å². The van der Waals surface area contributed by atoms with E-state index >= 15 is 0 Å². The number of fused-ring (bicyclic) bond motifs is 2. The van der Waals surface area contributed by atoms with Crippen molar-refractivity contribution in [1.82, 2.24) is 30.0 Å². The number of benzene rings is 2. The van der Waals surface area contributed by atoms with Crippen LogP contribution >= 0.6 is 0 Å². The van der Waals surface area contributed by atoms with Crippen molar-refractivity contribution in [3.63, 3.8) is 0 Å². The number of rotatable bonds is 5. The van der Waals surface area contributed by atoms with Gasteiger partial charge in [-0.3, -0.25) is 14.8 Å². The number of phenolic OH excluding ortho intramolecular Hbond substituents is 1. The number of phenols is 1. The average molecular weight is 449 g/mol. The molecular formula is C24H25FN6O2. The number of halogens is 1. The Hall–Kier alpha value is -3.72. The maximum atomic E-state index is 14.0. The van der Waals surface area contributed by atoms with Gasteiger partial charge in [0.2, 0.25) is 5.91 Å². The Kier molecular flexibility index (Phi) is 5.13. The van der Waals surface area contributed by atoms with Crippen molar-refractivity contribution in [2.24, 2.45) is 0 Å². The minimum absolute atomic E-state index is 0.0641. The van der Waals surface area contributed by atoms with Gasteiger partial charge in [0.15, 0.2) is 17.4 Å². The third kappa shape index (κ3) is 3.74. The summed E-state index contributed by atoms with van der Waals surface area (Å²) in [5, 5.41) is 18.1. The van der Waals surface area contributed by atoms with Crippen molar-refractivity contribution in [1.29, 1.82) is 0 Å². The van der Waals surface area contributed by atoms with Crippen LogP contribution in [0.3, 0.4) is 0 Å². The minimum Gasteiger partial charge on any atom is -0.505 e. The van der Waals surface area contributed by atoms with Crippen molar-refractivity contribution < 1.29 is 14.3 Å². The molecule has 3 heterocycles. The Balaban J connectivity index is 1.43. The van der Waals surface area contributed by atoms with E-state index in [0.29, 0.717) is 31.9 Å². The number of H-pyrrole nitrogens is 2. The van der Waals surface area contributed by atoms with Gasteiger partial charge < -0.3 is 15.0 Å². The van der Waals surface area contributed by atoms with Crippen LogP contribution in [0.1, 0.15) is 23.9 Å². The number of amides is 1. The molecule has 0 fully saturated rings. The summed E-state index contributed by atoms with van der Waals surface area (Å²) in [5.74, 6) is -0.230. The van der Waals surface area contributed by atoms with E-state index in [2.05, 4.69) is 20.1 Å². The highest BCUT2D eigenvalue weighted by Gasteiger charge is 2.26. The van der Waals surface area contributed by atoms with Crippen molar-refractivity contribution in [2.45, 2.75) is 26.4 Å². The predicted octanol–water partition coefficient (Wildman–Crippen LogP) is 3.43. The lowest BCUT2D eigenvalue weighted by molar-refractivity contribution is -0.130. The number of aromatic amines is 2. The maximum Gasteiger partial charge on any atom is 0.236 e. The van der Waals surface area contributed by atoms with Gasteiger partial charge in [-0.05, 0) is 47.4 Å². The molecule has 0 saturated carbocycles. The van der Waals surface area contributed by atoms with Gasteiger partial charge in [-0.25, -0.2) is 9.37 Å². The molecule has 0 atom stereocenters. The van der Waals surface area contributed by atoms with Crippen molar-refractivity contribution in [2.75, 3.05) is 20.6 Å². The minimum atomic E-state index is -0.640. The van der Waals surface area contributed by atoms with E-state index in [-0.39, 0.29) is 11.7 Å². The quantitative estimate of drug-likeness (QED) is 0.434. The summed E-state index contributed by atoms with van der Waals surface area (Å²) in [5.41, 5.74) is 5.91. The van der Waals surface area contributed by atoms with Crippen molar-refractivity contribution in [3.05, 3.63) is 53.1 Å². The van der Waals surface area contributed by atoms with Gasteiger partial charge in [-0.1, -0.05) is 13.0 Å². The molecular weight excluding hydrogens is 423 g/mol. The van der Waals surface area contributed by atoms with Crippen LogP contribution in [0.25, 0.3) is 33.5 Å². The van der Waals surface area contributed by atoms with Crippen LogP contribution in [-0.2, 0) is 24.3 Å². The fourth-order valence-corrected chi connectivity index (χ4v) is 4.29. The summed E-state index contributed by atoms with van der Waals surface area (Å²) in [6.45, 7) is 3.58. The number of likely N-dealkylation sites (N-methyl/N-ethyl adjacent to an activating group) is 1. The molecule has 0 aliphatic carbocycles. The van der Waals surface area contributed by atoms with Gasteiger partial charge in [-0.2, -0.15) is 5.10 Å². The molecule has 9 heteroatoms. The topological polar surface area (TPSA) is 101 Å². The summed E-state index contributed by atoms with van der Waals surface area (Å²) >= 11 is 0. The number of aromatic nitrogens is 4. The molecule has 0 saturated heterocycles. The van der Waals surface area contributed by atoms with E-state index in [0.717, 1.165) is 44.7 Å². The molecule has 5 rings (SSSR count). The number of nitrogens with one attached hydrogen (secondary N) is 2. The first-order valence-electron chi connectivity index (χ1n) is 10.8. The third-order valence-corrected chi connectivity index (χ3v) is 6.13. The molecule has 3 N–H and O–H groups in total. The Bertz CT molecular complexity index is 1350. The van der Waals surface area contributed by atoms with Crippen LogP contribution in [-0.4, -0.2) is 61.6 Å². The first-order valence-corrected chi connectivity index (χ1v) is 10.8. The number of aromatic hydroxyl groups is 1. The summed E-state index contributed by atoms with van der Waals surface area (Å²) in [6, 6.07) is 8.66. The van der Waals surface area contributed by atoms with Gasteiger partial charge >= 0.3 is 0 Å². The fourth-order valence-electron chi connectivity index (χ4n) is 4.29. The lowest BCUT2D eigenvalue weighted by Gasteiger charge is -2.17. The smallest absolute Gasteiger partial charge is 0.236 e. The Morgan fingerprint density at radius 3 is 2.79 bits per heavy atom. The fraction of sp³-hybridized carbons (Fsp3) is 0.292. The standard InChI is InChI=1S/C24H25FN6O2/c1-4-13-8-21(32)17(25)9-16(13)14-5-6-15-18(7-14)28-29-23(15)24-26-19-10-31(11-20(19)27-24)12-22(33)30(2)3/h5-9,32H,4,10-12H2,1-3H3,(H,26,27)(H,28,29). The maximum absolute atomic E-state index is 14.0. The van der Waals surface area contributed by atoms with Crippen LogP contribution in [0.4, 0.5) is 4.39 Å². The summed E-state index contributed by atoms with van der Waals surface area (Å²) in [4.78, 5) is 23.7. The molecule has 8 nitrogen and oxygen atoms in total. The van der Waals surface area contributed by atoms with Crippen molar-refractivity contribution in [3.8, 4) is 28.4 Å². The monoisotopic (exact) mass is 448 g/mol. The van der Waals surface area contributed by atoms with Gasteiger partial charge in [0.05, 0.1) is 23.4 Å². The molecule has 1 aliphatic rings. The molecule has 0 radical (unpaired) electrons. The number of hydrogen-bond acceptors (Lipinski definition) is 5. The van der Waals surface area contributed by atoms with E-state index in [4.69, 9.17) is 4.98 Å². The van der Waals surface area contributed by atoms with Crippen LogP contribution in [0.2, 0.25) is 0 Å². The second-order valence-electron chi connectivity index (χ2n) is 8.59. The van der Waals surface area contributed by atoms with Gasteiger partial charge in [0.25, 0.3) is 0 Å². The molecule has 1 amide bonds. The van der Waals surface area contributed by atoms with E-state index in [1.54, 1.807) is 19.0 Å². The zero-order chi connectivity index (χ0) is 23.3. The van der Waals surface area contributed by atoms with Crippen LogP contribution in [0.5, 0.6) is 5.75 Å². The van der Waals surface area contributed by atoms with Crippen LogP contribution in [0.15, 0.2) is 30.3 Å². The molecule has 0 spiro atoms. The number of imidazole rings is 1. The normalized spacial score (nSPS) is 13.6. The molecule has 0 bridgehead atoms. The van der Waals surface area contributed by atoms with E-state index < -0.39 is 5.82 Å². The molecule has 170 valence electrons. The average Bonchev–Trinajstić information content (AvgIpc) is 3.47. The highest BCUT2D eigenvalue weighted by molar-refractivity contribution is 5.94. The second-order valence-corrected chi connectivity index (χ2v) is 8.59. The molecule has 33 heavy (non-hydrogen) atoms.